The lowest BCUT2D eigenvalue weighted by Crippen LogP contribution is -2.32. The third-order valence-electron chi connectivity index (χ3n) is 3.56. The molecule has 0 spiro atoms. The van der Waals surface area contributed by atoms with E-state index in [1.54, 1.807) is 17.3 Å². The van der Waals surface area contributed by atoms with Crippen molar-refractivity contribution >= 4 is 11.8 Å². The van der Waals surface area contributed by atoms with Gasteiger partial charge in [0.05, 0.1) is 5.92 Å². The van der Waals surface area contributed by atoms with Gasteiger partial charge in [-0.05, 0) is 18.1 Å². The Morgan fingerprint density at radius 2 is 2.40 bits per heavy atom. The molecule has 0 aliphatic carbocycles. The molecule has 5 nitrogen and oxygen atoms in total. The third kappa shape index (κ3) is 3.79. The van der Waals surface area contributed by atoms with Crippen LogP contribution in [0.3, 0.4) is 0 Å². The van der Waals surface area contributed by atoms with Crippen LogP contribution in [0.25, 0.3) is 0 Å². The van der Waals surface area contributed by atoms with E-state index in [4.69, 9.17) is 0 Å². The minimum absolute atomic E-state index is 0.0406. The first-order chi connectivity index (χ1) is 9.70. The SMILES string of the molecule is CCCCN1CC(C(=O)NCc2cccnc2)CC1=O. The van der Waals surface area contributed by atoms with Gasteiger partial charge in [-0.3, -0.25) is 14.6 Å². The van der Waals surface area contributed by atoms with Crippen LogP contribution < -0.4 is 5.32 Å². The zero-order valence-electron chi connectivity index (χ0n) is 11.8. The first-order valence-electron chi connectivity index (χ1n) is 7.15. The Kier molecular flexibility index (Phi) is 5.09. The second-order valence-corrected chi connectivity index (χ2v) is 5.17. The van der Waals surface area contributed by atoms with Crippen LogP contribution >= 0.6 is 0 Å². The third-order valence-corrected chi connectivity index (χ3v) is 3.56. The summed E-state index contributed by atoms with van der Waals surface area (Å²) < 4.78 is 0. The van der Waals surface area contributed by atoms with E-state index in [1.165, 1.54) is 0 Å². The van der Waals surface area contributed by atoms with Crippen LogP contribution in [-0.2, 0) is 16.1 Å². The fourth-order valence-corrected chi connectivity index (χ4v) is 2.35. The number of likely N-dealkylation sites (tertiary alicyclic amines) is 1. The predicted octanol–water partition coefficient (Wildman–Crippen LogP) is 1.35. The van der Waals surface area contributed by atoms with Crippen molar-refractivity contribution in [2.45, 2.75) is 32.7 Å². The molecule has 0 aromatic carbocycles. The number of unbranched alkanes of at least 4 members (excludes halogenated alkanes) is 1. The summed E-state index contributed by atoms with van der Waals surface area (Å²) in [5.41, 5.74) is 0.966. The van der Waals surface area contributed by atoms with E-state index in [1.807, 2.05) is 12.1 Å². The first-order valence-corrected chi connectivity index (χ1v) is 7.15. The van der Waals surface area contributed by atoms with Gasteiger partial charge >= 0.3 is 0 Å². The van der Waals surface area contributed by atoms with Crippen LogP contribution in [0.4, 0.5) is 0 Å². The van der Waals surface area contributed by atoms with Crippen molar-refractivity contribution < 1.29 is 9.59 Å². The van der Waals surface area contributed by atoms with Gasteiger partial charge < -0.3 is 10.2 Å². The zero-order valence-corrected chi connectivity index (χ0v) is 11.8. The molecule has 108 valence electrons. The summed E-state index contributed by atoms with van der Waals surface area (Å²) in [4.78, 5) is 29.7. The molecule has 1 fully saturated rings. The van der Waals surface area contributed by atoms with Crippen molar-refractivity contribution in [3.8, 4) is 0 Å². The molecule has 0 saturated carbocycles. The van der Waals surface area contributed by atoms with Crippen molar-refractivity contribution in [2.75, 3.05) is 13.1 Å². The largest absolute Gasteiger partial charge is 0.352 e. The zero-order chi connectivity index (χ0) is 14.4. The highest BCUT2D eigenvalue weighted by atomic mass is 16.2. The quantitative estimate of drug-likeness (QED) is 0.852. The van der Waals surface area contributed by atoms with E-state index in [0.29, 0.717) is 19.5 Å². The van der Waals surface area contributed by atoms with Gasteiger partial charge in [-0.25, -0.2) is 0 Å². The van der Waals surface area contributed by atoms with Gasteiger partial charge in [0, 0.05) is 38.4 Å². The number of amides is 2. The van der Waals surface area contributed by atoms with E-state index >= 15 is 0 Å². The molecule has 20 heavy (non-hydrogen) atoms. The number of hydrogen-bond donors (Lipinski definition) is 1. The molecular formula is C15H21N3O2. The lowest BCUT2D eigenvalue weighted by Gasteiger charge is -2.15. The molecular weight excluding hydrogens is 254 g/mol. The van der Waals surface area contributed by atoms with Gasteiger partial charge in [0.15, 0.2) is 0 Å². The number of nitrogens with zero attached hydrogens (tertiary/aromatic N) is 2. The van der Waals surface area contributed by atoms with E-state index in [9.17, 15) is 9.59 Å². The summed E-state index contributed by atoms with van der Waals surface area (Å²) in [7, 11) is 0. The Hall–Kier alpha value is -1.91. The standard InChI is InChI=1S/C15H21N3O2/c1-2-3-7-18-11-13(8-14(18)19)15(20)17-10-12-5-4-6-16-9-12/h4-6,9,13H,2-3,7-8,10-11H2,1H3,(H,17,20). The summed E-state index contributed by atoms with van der Waals surface area (Å²) in [6.07, 6.45) is 5.82. The van der Waals surface area contributed by atoms with Crippen LogP contribution in [0.2, 0.25) is 0 Å². The maximum absolute atomic E-state index is 12.1. The van der Waals surface area contributed by atoms with Gasteiger partial charge in [-0.15, -0.1) is 0 Å². The Bertz CT molecular complexity index is 461. The number of aromatic nitrogens is 1. The van der Waals surface area contributed by atoms with Crippen molar-refractivity contribution in [1.29, 1.82) is 0 Å². The molecule has 1 atom stereocenters. The molecule has 5 heteroatoms. The molecule has 1 aliphatic rings. The molecule has 1 aliphatic heterocycles. The van der Waals surface area contributed by atoms with Crippen molar-refractivity contribution in [2.24, 2.45) is 5.92 Å². The molecule has 1 unspecified atom stereocenters. The minimum atomic E-state index is -0.212. The normalized spacial score (nSPS) is 18.4. The highest BCUT2D eigenvalue weighted by molar-refractivity contribution is 5.89. The van der Waals surface area contributed by atoms with Crippen molar-refractivity contribution in [3.63, 3.8) is 0 Å². The number of hydrogen-bond acceptors (Lipinski definition) is 3. The Morgan fingerprint density at radius 1 is 1.55 bits per heavy atom. The molecule has 2 amide bonds. The first kappa shape index (κ1) is 14.5. The second-order valence-electron chi connectivity index (χ2n) is 5.17. The number of carbonyl (C=O) groups is 2. The van der Waals surface area contributed by atoms with E-state index in [2.05, 4.69) is 17.2 Å². The Morgan fingerprint density at radius 3 is 3.10 bits per heavy atom. The molecule has 1 aromatic heterocycles. The van der Waals surface area contributed by atoms with Crippen molar-refractivity contribution in [1.82, 2.24) is 15.2 Å². The average molecular weight is 275 g/mol. The molecule has 1 saturated heterocycles. The summed E-state index contributed by atoms with van der Waals surface area (Å²) in [5, 5.41) is 2.88. The summed E-state index contributed by atoms with van der Waals surface area (Å²) in [6.45, 7) is 3.88. The molecule has 1 N–H and O–H groups in total. The maximum Gasteiger partial charge on any atom is 0.225 e. The fraction of sp³-hybridized carbons (Fsp3) is 0.533. The highest BCUT2D eigenvalue weighted by Gasteiger charge is 2.33. The summed E-state index contributed by atoms with van der Waals surface area (Å²) in [6, 6.07) is 3.76. The lowest BCUT2D eigenvalue weighted by molar-refractivity contribution is -0.129. The van der Waals surface area contributed by atoms with Gasteiger partial charge in [0.25, 0.3) is 0 Å². The molecule has 0 bridgehead atoms. The van der Waals surface area contributed by atoms with Crippen LogP contribution in [0.1, 0.15) is 31.7 Å². The smallest absolute Gasteiger partial charge is 0.225 e. The molecule has 1 aromatic rings. The van der Waals surface area contributed by atoms with Crippen LogP contribution in [-0.4, -0.2) is 34.8 Å². The number of carbonyl (C=O) groups excluding carboxylic acids is 2. The maximum atomic E-state index is 12.1. The van der Waals surface area contributed by atoms with Gasteiger partial charge in [-0.1, -0.05) is 19.4 Å². The van der Waals surface area contributed by atoms with E-state index in [0.717, 1.165) is 24.9 Å². The Labute approximate surface area is 119 Å². The summed E-state index contributed by atoms with van der Waals surface area (Å²) >= 11 is 0. The Balaban J connectivity index is 1.80. The van der Waals surface area contributed by atoms with Crippen molar-refractivity contribution in [3.05, 3.63) is 30.1 Å². The van der Waals surface area contributed by atoms with Crippen LogP contribution in [0.5, 0.6) is 0 Å². The van der Waals surface area contributed by atoms with Crippen LogP contribution in [0.15, 0.2) is 24.5 Å². The number of rotatable bonds is 6. The van der Waals surface area contributed by atoms with Gasteiger partial charge in [-0.2, -0.15) is 0 Å². The molecule has 2 heterocycles. The molecule has 0 radical (unpaired) electrons. The van der Waals surface area contributed by atoms with Gasteiger partial charge in [0.2, 0.25) is 11.8 Å². The highest BCUT2D eigenvalue weighted by Crippen LogP contribution is 2.18. The second kappa shape index (κ2) is 7.03. The summed E-state index contributed by atoms with van der Waals surface area (Å²) in [5.74, 6) is -0.155. The van der Waals surface area contributed by atoms with Crippen LogP contribution in [0, 0.1) is 5.92 Å². The average Bonchev–Trinajstić information content (AvgIpc) is 2.85. The number of pyridine rings is 1. The molecule has 2 rings (SSSR count). The predicted molar refractivity (Wildman–Crippen MR) is 75.7 cm³/mol. The minimum Gasteiger partial charge on any atom is -0.352 e. The van der Waals surface area contributed by atoms with E-state index in [-0.39, 0.29) is 17.7 Å². The van der Waals surface area contributed by atoms with Gasteiger partial charge in [0.1, 0.15) is 0 Å². The van der Waals surface area contributed by atoms with E-state index < -0.39 is 0 Å². The topological polar surface area (TPSA) is 62.3 Å². The monoisotopic (exact) mass is 275 g/mol. The fourth-order valence-electron chi connectivity index (χ4n) is 2.35. The lowest BCUT2D eigenvalue weighted by atomic mass is 10.1. The number of nitrogens with one attached hydrogen (secondary N) is 1.